The molecule has 1 aromatic rings. The third-order valence-electron chi connectivity index (χ3n) is 4.74. The number of rotatable bonds is 1. The third-order valence-corrected chi connectivity index (χ3v) is 7.95. The first-order valence-corrected chi connectivity index (χ1v) is 8.37. The topological polar surface area (TPSA) is 63.2 Å². The highest BCUT2D eigenvalue weighted by Gasteiger charge is 2.66. The van der Waals surface area contributed by atoms with Gasteiger partial charge in [0.15, 0.2) is 0 Å². The van der Waals surface area contributed by atoms with Crippen LogP contribution in [0.4, 0.5) is 5.95 Å². The maximum Gasteiger partial charge on any atom is 0.240 e. The fraction of sp³-hybridized carbons (Fsp3) is 0.538. The van der Waals surface area contributed by atoms with Gasteiger partial charge >= 0.3 is 0 Å². The molecular formula is C13H11Br2N3O2. The Hall–Kier alpha value is -0.820. The predicted molar refractivity (Wildman–Crippen MR) is 78.5 cm³/mol. The number of anilines is 1. The summed E-state index contributed by atoms with van der Waals surface area (Å²) >= 11 is 7.32. The first kappa shape index (κ1) is 12.9. The zero-order chi connectivity index (χ0) is 14.0. The van der Waals surface area contributed by atoms with Crippen molar-refractivity contribution >= 4 is 49.6 Å². The summed E-state index contributed by atoms with van der Waals surface area (Å²) < 4.78 is 0. The minimum atomic E-state index is -0.213. The lowest BCUT2D eigenvalue weighted by Crippen LogP contribution is -2.37. The largest absolute Gasteiger partial charge is 0.274 e. The maximum absolute atomic E-state index is 12.6. The number of nitrogens with zero attached hydrogens (tertiary/aromatic N) is 3. The lowest BCUT2D eigenvalue weighted by molar-refractivity contribution is -0.123. The van der Waals surface area contributed by atoms with Gasteiger partial charge in [-0.3, -0.25) is 9.59 Å². The van der Waals surface area contributed by atoms with Crippen LogP contribution in [0.15, 0.2) is 18.5 Å². The number of amides is 2. The Bertz CT molecular complexity index is 565. The van der Waals surface area contributed by atoms with Gasteiger partial charge < -0.3 is 0 Å². The summed E-state index contributed by atoms with van der Waals surface area (Å²) in [6.07, 6.45) is 4.03. The number of aromatic nitrogens is 2. The number of carbonyl (C=O) groups is 2. The van der Waals surface area contributed by atoms with Crippen molar-refractivity contribution in [3.05, 3.63) is 18.5 Å². The van der Waals surface area contributed by atoms with Crippen molar-refractivity contribution in [3.8, 4) is 0 Å². The quantitative estimate of drug-likeness (QED) is 0.532. The normalized spacial score (nSPS) is 42.4. The average Bonchev–Trinajstić information content (AvgIpc) is 3.05. The lowest BCUT2D eigenvalue weighted by atomic mass is 9.81. The molecule has 7 heteroatoms. The van der Waals surface area contributed by atoms with E-state index in [9.17, 15) is 9.59 Å². The Balaban J connectivity index is 1.75. The second-order valence-corrected chi connectivity index (χ2v) is 7.68. The predicted octanol–water partition coefficient (Wildman–Crippen LogP) is 1.76. The summed E-state index contributed by atoms with van der Waals surface area (Å²) in [5, 5.41) is 0. The number of fused-ring (bicyclic) bond motifs is 5. The van der Waals surface area contributed by atoms with Gasteiger partial charge in [0.2, 0.25) is 17.8 Å². The first-order valence-electron chi connectivity index (χ1n) is 6.54. The van der Waals surface area contributed by atoms with Crippen LogP contribution in [0.2, 0.25) is 0 Å². The molecule has 1 aliphatic heterocycles. The number of hydrogen-bond donors (Lipinski definition) is 0. The minimum Gasteiger partial charge on any atom is -0.274 e. The Morgan fingerprint density at radius 2 is 1.50 bits per heavy atom. The molecule has 2 bridgehead atoms. The van der Waals surface area contributed by atoms with Crippen LogP contribution < -0.4 is 4.90 Å². The van der Waals surface area contributed by atoms with Gasteiger partial charge in [-0.15, -0.1) is 0 Å². The van der Waals surface area contributed by atoms with Crippen molar-refractivity contribution in [3.63, 3.8) is 0 Å². The number of carbonyl (C=O) groups excluding carboxylic acids is 2. The van der Waals surface area contributed by atoms with Crippen LogP contribution >= 0.6 is 31.9 Å². The highest BCUT2D eigenvalue weighted by Crippen LogP contribution is 2.60. The van der Waals surface area contributed by atoms with Crippen molar-refractivity contribution in [1.29, 1.82) is 0 Å². The molecule has 0 N–H and O–H groups in total. The van der Waals surface area contributed by atoms with Crippen LogP contribution in [0, 0.1) is 23.7 Å². The molecule has 3 fully saturated rings. The molecule has 0 aromatic carbocycles. The number of alkyl halides is 2. The van der Waals surface area contributed by atoms with Gasteiger partial charge in [-0.25, -0.2) is 14.9 Å². The zero-order valence-electron chi connectivity index (χ0n) is 10.3. The SMILES string of the molecule is O=C1[C@@H]2[C@@H]3C[C@H]([C@H](Br)[C@@H]3Br)[C@@H]2C(=O)N1c1ncccn1. The van der Waals surface area contributed by atoms with E-state index in [1.54, 1.807) is 18.5 Å². The van der Waals surface area contributed by atoms with Gasteiger partial charge in [0.25, 0.3) is 0 Å². The molecule has 5 nitrogen and oxygen atoms in total. The van der Waals surface area contributed by atoms with E-state index >= 15 is 0 Å². The molecule has 2 amide bonds. The fourth-order valence-electron chi connectivity index (χ4n) is 3.95. The third kappa shape index (κ3) is 1.48. The summed E-state index contributed by atoms with van der Waals surface area (Å²) in [7, 11) is 0. The highest BCUT2D eigenvalue weighted by atomic mass is 79.9. The van der Waals surface area contributed by atoms with Gasteiger partial charge in [-0.1, -0.05) is 31.9 Å². The lowest BCUT2D eigenvalue weighted by Gasteiger charge is -2.28. The molecular weight excluding hydrogens is 390 g/mol. The number of hydrogen-bond acceptors (Lipinski definition) is 4. The molecule has 3 aliphatic rings. The van der Waals surface area contributed by atoms with E-state index < -0.39 is 0 Å². The van der Waals surface area contributed by atoms with E-state index in [0.29, 0.717) is 0 Å². The van der Waals surface area contributed by atoms with Gasteiger partial charge in [0, 0.05) is 22.0 Å². The fourth-order valence-corrected chi connectivity index (χ4v) is 5.83. The van der Waals surface area contributed by atoms with E-state index in [1.165, 1.54) is 4.90 Å². The molecule has 1 saturated heterocycles. The summed E-state index contributed by atoms with van der Waals surface area (Å²) in [5.41, 5.74) is 0. The van der Waals surface area contributed by atoms with Crippen LogP contribution in [0.5, 0.6) is 0 Å². The monoisotopic (exact) mass is 399 g/mol. The van der Waals surface area contributed by atoms with E-state index in [4.69, 9.17) is 0 Å². The Morgan fingerprint density at radius 1 is 1.00 bits per heavy atom. The maximum atomic E-state index is 12.6. The zero-order valence-corrected chi connectivity index (χ0v) is 13.5. The van der Waals surface area contributed by atoms with Gasteiger partial charge in [0.1, 0.15) is 0 Å². The average molecular weight is 401 g/mol. The van der Waals surface area contributed by atoms with Crippen molar-refractivity contribution in [2.24, 2.45) is 23.7 Å². The van der Waals surface area contributed by atoms with Gasteiger partial charge in [-0.05, 0) is 24.3 Å². The summed E-state index contributed by atoms with van der Waals surface area (Å²) in [4.78, 5) is 35.0. The Labute approximate surface area is 132 Å². The van der Waals surface area contributed by atoms with E-state index in [1.807, 2.05) is 0 Å². The number of imide groups is 1. The van der Waals surface area contributed by atoms with Crippen molar-refractivity contribution < 1.29 is 9.59 Å². The van der Waals surface area contributed by atoms with Crippen molar-refractivity contribution in [2.75, 3.05) is 4.90 Å². The van der Waals surface area contributed by atoms with E-state index in [0.717, 1.165) is 6.42 Å². The van der Waals surface area contributed by atoms with Crippen molar-refractivity contribution in [1.82, 2.24) is 9.97 Å². The molecule has 20 heavy (non-hydrogen) atoms. The highest BCUT2D eigenvalue weighted by molar-refractivity contribution is 9.12. The second-order valence-electron chi connectivity index (χ2n) is 5.56. The summed E-state index contributed by atoms with van der Waals surface area (Å²) in [5.74, 6) is -0.0540. The summed E-state index contributed by atoms with van der Waals surface area (Å²) in [6.45, 7) is 0. The second kappa shape index (κ2) is 4.34. The van der Waals surface area contributed by atoms with E-state index in [-0.39, 0.29) is 51.1 Å². The standard InChI is InChI=1S/C13H11Br2N3O2/c14-9-5-4-6(10(9)15)8-7(5)11(19)18(12(8)20)13-16-2-1-3-17-13/h1-3,5-10H,4H2/t5-,6-,7-,8+,9-,10+/m0/s1. The molecule has 2 saturated carbocycles. The molecule has 6 atom stereocenters. The molecule has 4 rings (SSSR count). The van der Waals surface area contributed by atoms with E-state index in [2.05, 4.69) is 41.8 Å². The van der Waals surface area contributed by atoms with Crippen LogP contribution in [0.1, 0.15) is 6.42 Å². The van der Waals surface area contributed by atoms with Crippen LogP contribution in [-0.2, 0) is 9.59 Å². The first-order chi connectivity index (χ1) is 9.61. The molecule has 1 aromatic heterocycles. The van der Waals surface area contributed by atoms with Crippen LogP contribution in [0.3, 0.4) is 0 Å². The molecule has 0 spiro atoms. The number of halogens is 2. The molecule has 104 valence electrons. The molecule has 0 unspecified atom stereocenters. The van der Waals surface area contributed by atoms with Crippen molar-refractivity contribution in [2.45, 2.75) is 16.1 Å². The Kier molecular flexibility index (Phi) is 2.79. The molecule has 2 heterocycles. The Morgan fingerprint density at radius 3 is 2.00 bits per heavy atom. The van der Waals surface area contributed by atoms with Crippen LogP contribution in [0.25, 0.3) is 0 Å². The minimum absolute atomic E-state index is 0.137. The molecule has 0 radical (unpaired) electrons. The van der Waals surface area contributed by atoms with Crippen LogP contribution in [-0.4, -0.2) is 31.4 Å². The van der Waals surface area contributed by atoms with Gasteiger partial charge in [-0.2, -0.15) is 0 Å². The van der Waals surface area contributed by atoms with Gasteiger partial charge in [0.05, 0.1) is 11.8 Å². The smallest absolute Gasteiger partial charge is 0.240 e. The summed E-state index contributed by atoms with van der Waals surface area (Å²) in [6, 6.07) is 1.67. The molecule has 2 aliphatic carbocycles.